The average molecular weight is 246 g/mol. The normalized spacial score (nSPS) is 21.9. The molecule has 1 rings (SSSR count). The highest BCUT2D eigenvalue weighted by molar-refractivity contribution is 4.74. The first-order chi connectivity index (χ1) is 8.33. The van der Waals surface area contributed by atoms with Crippen molar-refractivity contribution in [2.24, 2.45) is 0 Å². The van der Waals surface area contributed by atoms with E-state index in [4.69, 9.17) is 14.2 Å². The van der Waals surface area contributed by atoms with Crippen LogP contribution in [0.2, 0.25) is 0 Å². The molecule has 17 heavy (non-hydrogen) atoms. The third kappa shape index (κ3) is 7.68. The largest absolute Gasteiger partial charge is 0.382 e. The number of rotatable bonds is 9. The standard InChI is InChI=1S/C12H26N2O3/c1-12-11-14(4-3-13-12)5-6-16-9-10-17-8-7-15-2/h12-13H,3-11H2,1-2H3/t12-/m1/s1. The molecule has 1 aliphatic rings. The molecule has 0 amide bonds. The van der Waals surface area contributed by atoms with Gasteiger partial charge in [-0.3, -0.25) is 4.90 Å². The van der Waals surface area contributed by atoms with Gasteiger partial charge in [-0.25, -0.2) is 0 Å². The van der Waals surface area contributed by atoms with Gasteiger partial charge in [-0.05, 0) is 6.92 Å². The van der Waals surface area contributed by atoms with Gasteiger partial charge in [0.2, 0.25) is 0 Å². The Hall–Kier alpha value is -0.200. The fraction of sp³-hybridized carbons (Fsp3) is 1.00. The lowest BCUT2D eigenvalue weighted by Crippen LogP contribution is -2.49. The van der Waals surface area contributed by atoms with Crippen LogP contribution in [0.1, 0.15) is 6.92 Å². The maximum atomic E-state index is 5.52. The lowest BCUT2D eigenvalue weighted by molar-refractivity contribution is 0.0180. The zero-order valence-corrected chi connectivity index (χ0v) is 11.1. The number of hydrogen-bond donors (Lipinski definition) is 1. The molecule has 0 aromatic carbocycles. The number of ether oxygens (including phenoxy) is 3. The van der Waals surface area contributed by atoms with Gasteiger partial charge in [0.15, 0.2) is 0 Å². The van der Waals surface area contributed by atoms with E-state index in [1.165, 1.54) is 0 Å². The van der Waals surface area contributed by atoms with Crippen molar-refractivity contribution >= 4 is 0 Å². The molecule has 0 aromatic rings. The maximum absolute atomic E-state index is 5.52. The van der Waals surface area contributed by atoms with Crippen LogP contribution in [0.5, 0.6) is 0 Å². The molecule has 1 atom stereocenters. The van der Waals surface area contributed by atoms with E-state index in [2.05, 4.69) is 17.1 Å². The van der Waals surface area contributed by atoms with Crippen molar-refractivity contribution in [2.75, 3.05) is 66.3 Å². The van der Waals surface area contributed by atoms with Gasteiger partial charge in [-0.2, -0.15) is 0 Å². The monoisotopic (exact) mass is 246 g/mol. The molecule has 1 N–H and O–H groups in total. The Labute approximate surface area is 104 Å². The third-order valence-corrected chi connectivity index (χ3v) is 2.81. The highest BCUT2D eigenvalue weighted by atomic mass is 16.5. The van der Waals surface area contributed by atoms with Crippen molar-refractivity contribution in [1.82, 2.24) is 10.2 Å². The second-order valence-electron chi connectivity index (χ2n) is 4.37. The Bertz CT molecular complexity index is 181. The Morgan fingerprint density at radius 2 is 1.82 bits per heavy atom. The Kier molecular flexibility index (Phi) is 8.56. The summed E-state index contributed by atoms with van der Waals surface area (Å²) in [6.07, 6.45) is 0. The summed E-state index contributed by atoms with van der Waals surface area (Å²) in [6.45, 7) is 9.98. The highest BCUT2D eigenvalue weighted by Crippen LogP contribution is 1.97. The molecule has 1 saturated heterocycles. The van der Waals surface area contributed by atoms with Crippen molar-refractivity contribution < 1.29 is 14.2 Å². The minimum atomic E-state index is 0.598. The smallest absolute Gasteiger partial charge is 0.0701 e. The minimum absolute atomic E-state index is 0.598. The third-order valence-electron chi connectivity index (χ3n) is 2.81. The minimum Gasteiger partial charge on any atom is -0.382 e. The molecule has 0 aromatic heterocycles. The summed E-state index contributed by atoms with van der Waals surface area (Å²) < 4.78 is 15.7. The molecule has 0 aliphatic carbocycles. The number of piperazine rings is 1. The molecular formula is C12H26N2O3. The zero-order valence-electron chi connectivity index (χ0n) is 11.1. The van der Waals surface area contributed by atoms with Crippen LogP contribution in [-0.4, -0.2) is 77.3 Å². The van der Waals surface area contributed by atoms with E-state index in [9.17, 15) is 0 Å². The van der Waals surface area contributed by atoms with Crippen molar-refractivity contribution in [1.29, 1.82) is 0 Å². The van der Waals surface area contributed by atoms with E-state index in [1.54, 1.807) is 7.11 Å². The summed E-state index contributed by atoms with van der Waals surface area (Å²) >= 11 is 0. The first-order valence-electron chi connectivity index (χ1n) is 6.43. The van der Waals surface area contributed by atoms with Crippen LogP contribution in [0.3, 0.4) is 0 Å². The van der Waals surface area contributed by atoms with Crippen LogP contribution in [0.25, 0.3) is 0 Å². The Morgan fingerprint density at radius 1 is 1.12 bits per heavy atom. The second kappa shape index (κ2) is 9.79. The van der Waals surface area contributed by atoms with E-state index in [0.717, 1.165) is 32.8 Å². The van der Waals surface area contributed by atoms with E-state index in [0.29, 0.717) is 32.5 Å². The predicted octanol–water partition coefficient (Wildman–Crippen LogP) is -0.0403. The fourth-order valence-electron chi connectivity index (χ4n) is 1.87. The average Bonchev–Trinajstić information content (AvgIpc) is 2.33. The highest BCUT2D eigenvalue weighted by Gasteiger charge is 2.14. The van der Waals surface area contributed by atoms with Crippen LogP contribution in [0.15, 0.2) is 0 Å². The van der Waals surface area contributed by atoms with Crippen molar-refractivity contribution in [3.05, 3.63) is 0 Å². The number of nitrogens with one attached hydrogen (secondary N) is 1. The quantitative estimate of drug-likeness (QED) is 0.578. The van der Waals surface area contributed by atoms with Crippen LogP contribution in [0.4, 0.5) is 0 Å². The molecular weight excluding hydrogens is 220 g/mol. The SMILES string of the molecule is COCCOCCOCCN1CCN[C@H](C)C1. The molecule has 0 unspecified atom stereocenters. The number of methoxy groups -OCH3 is 1. The second-order valence-corrected chi connectivity index (χ2v) is 4.37. The lowest BCUT2D eigenvalue weighted by Gasteiger charge is -2.31. The van der Waals surface area contributed by atoms with Gasteiger partial charge < -0.3 is 19.5 Å². The van der Waals surface area contributed by atoms with E-state index >= 15 is 0 Å². The van der Waals surface area contributed by atoms with E-state index < -0.39 is 0 Å². The molecule has 5 heteroatoms. The summed E-state index contributed by atoms with van der Waals surface area (Å²) in [5.41, 5.74) is 0. The molecule has 1 fully saturated rings. The topological polar surface area (TPSA) is 43.0 Å². The van der Waals surface area contributed by atoms with Gasteiger partial charge in [0.05, 0.1) is 33.0 Å². The first-order valence-corrected chi connectivity index (χ1v) is 6.43. The Morgan fingerprint density at radius 3 is 2.53 bits per heavy atom. The molecule has 102 valence electrons. The zero-order chi connectivity index (χ0) is 12.3. The molecule has 0 saturated carbocycles. The first kappa shape index (κ1) is 14.9. The van der Waals surface area contributed by atoms with Gasteiger partial charge in [0.25, 0.3) is 0 Å². The van der Waals surface area contributed by atoms with Gasteiger partial charge in [0.1, 0.15) is 0 Å². The summed E-state index contributed by atoms with van der Waals surface area (Å²) in [7, 11) is 1.67. The molecule has 0 radical (unpaired) electrons. The van der Waals surface area contributed by atoms with E-state index in [1.807, 2.05) is 0 Å². The molecule has 0 bridgehead atoms. The van der Waals surface area contributed by atoms with Gasteiger partial charge in [-0.15, -0.1) is 0 Å². The van der Waals surface area contributed by atoms with Crippen molar-refractivity contribution in [3.8, 4) is 0 Å². The van der Waals surface area contributed by atoms with Gasteiger partial charge in [-0.1, -0.05) is 0 Å². The van der Waals surface area contributed by atoms with Crippen LogP contribution >= 0.6 is 0 Å². The van der Waals surface area contributed by atoms with Crippen LogP contribution in [0, 0.1) is 0 Å². The summed E-state index contributed by atoms with van der Waals surface area (Å²) in [5, 5.41) is 3.43. The summed E-state index contributed by atoms with van der Waals surface area (Å²) in [4.78, 5) is 2.44. The number of nitrogens with zero attached hydrogens (tertiary/aromatic N) is 1. The summed E-state index contributed by atoms with van der Waals surface area (Å²) in [6, 6.07) is 0.598. The van der Waals surface area contributed by atoms with Crippen LogP contribution < -0.4 is 5.32 Å². The van der Waals surface area contributed by atoms with Crippen molar-refractivity contribution in [3.63, 3.8) is 0 Å². The molecule has 1 aliphatic heterocycles. The predicted molar refractivity (Wildman–Crippen MR) is 67.4 cm³/mol. The van der Waals surface area contributed by atoms with E-state index in [-0.39, 0.29) is 0 Å². The fourth-order valence-corrected chi connectivity index (χ4v) is 1.87. The van der Waals surface area contributed by atoms with Crippen LogP contribution in [-0.2, 0) is 14.2 Å². The molecule has 0 spiro atoms. The maximum Gasteiger partial charge on any atom is 0.0701 e. The van der Waals surface area contributed by atoms with Gasteiger partial charge in [0, 0.05) is 39.3 Å². The lowest BCUT2D eigenvalue weighted by atomic mass is 10.2. The van der Waals surface area contributed by atoms with Gasteiger partial charge >= 0.3 is 0 Å². The number of hydrogen-bond acceptors (Lipinski definition) is 5. The molecule has 1 heterocycles. The Balaban J connectivity index is 1.83. The molecule has 5 nitrogen and oxygen atoms in total. The van der Waals surface area contributed by atoms with Crippen molar-refractivity contribution in [2.45, 2.75) is 13.0 Å². The summed E-state index contributed by atoms with van der Waals surface area (Å²) in [5.74, 6) is 0.